The summed E-state index contributed by atoms with van der Waals surface area (Å²) in [6, 6.07) is 0. The Balaban J connectivity index is 2.17. The average Bonchev–Trinajstić information content (AvgIpc) is 2.82. The highest BCUT2D eigenvalue weighted by Crippen LogP contribution is 2.19. The van der Waals surface area contributed by atoms with E-state index in [9.17, 15) is 5.11 Å². The Morgan fingerprint density at radius 1 is 1.29 bits per heavy atom. The third kappa shape index (κ3) is 9.69. The molecule has 0 amide bonds. The molecule has 4 N–H and O–H groups in total. The number of aliphatic hydroxyl groups excluding tert-OH is 1. The largest absolute Gasteiger partial charge is 0.391 e. The zero-order chi connectivity index (χ0) is 17.6. The Labute approximate surface area is 151 Å². The Morgan fingerprint density at radius 2 is 2.04 bits per heavy atom. The van der Waals surface area contributed by atoms with E-state index in [0.29, 0.717) is 18.8 Å². The Kier molecular flexibility index (Phi) is 12.3. The molecule has 0 aromatic rings. The molecule has 0 radical (unpaired) electrons. The molecule has 0 fully saturated rings. The van der Waals surface area contributed by atoms with Gasteiger partial charge in [-0.2, -0.15) is 0 Å². The number of aliphatic hydroxyl groups is 1. The van der Waals surface area contributed by atoms with Crippen LogP contribution < -0.4 is 10.7 Å². The second-order valence-corrected chi connectivity index (χ2v) is 7.20. The van der Waals surface area contributed by atoms with Crippen molar-refractivity contribution in [3.05, 3.63) is 23.9 Å². The lowest BCUT2D eigenvalue weighted by Gasteiger charge is -2.19. The fourth-order valence-corrected chi connectivity index (χ4v) is 3.01. The van der Waals surface area contributed by atoms with E-state index in [4.69, 9.17) is 4.55 Å². The van der Waals surface area contributed by atoms with Gasteiger partial charge in [0.15, 0.2) is 0 Å². The van der Waals surface area contributed by atoms with E-state index in [-0.39, 0.29) is 12.0 Å². The van der Waals surface area contributed by atoms with Crippen LogP contribution in [-0.4, -0.2) is 40.3 Å². The molecule has 1 aliphatic rings. The summed E-state index contributed by atoms with van der Waals surface area (Å²) < 4.78 is 10.5. The van der Waals surface area contributed by atoms with Crippen molar-refractivity contribution < 1.29 is 9.66 Å². The number of rotatable bonds is 13. The normalized spacial score (nSPS) is 19.2. The SMILES string of the molecule is CCCCCCCCNCC(O)C1C=CC(NN(C)SO)=CCC1. The maximum atomic E-state index is 10.4. The first kappa shape index (κ1) is 21.5. The molecule has 1 rings (SSSR count). The summed E-state index contributed by atoms with van der Waals surface area (Å²) in [4.78, 5) is 0. The van der Waals surface area contributed by atoms with Crippen LogP contribution >= 0.6 is 12.2 Å². The summed E-state index contributed by atoms with van der Waals surface area (Å²) in [6.45, 7) is 3.88. The van der Waals surface area contributed by atoms with E-state index in [2.05, 4.69) is 29.8 Å². The van der Waals surface area contributed by atoms with Gasteiger partial charge in [0.1, 0.15) is 0 Å². The Hall–Kier alpha value is -0.530. The molecule has 0 aromatic carbocycles. The van der Waals surface area contributed by atoms with Gasteiger partial charge in [-0.3, -0.25) is 0 Å². The van der Waals surface area contributed by atoms with Crippen molar-refractivity contribution in [1.82, 2.24) is 15.2 Å². The smallest absolute Gasteiger partial charge is 0.0991 e. The Bertz CT molecular complexity index is 377. The molecule has 5 nitrogen and oxygen atoms in total. The minimum atomic E-state index is -0.348. The number of hydrogen-bond donors (Lipinski definition) is 4. The average molecular weight is 358 g/mol. The van der Waals surface area contributed by atoms with Crippen LogP contribution in [0.25, 0.3) is 0 Å². The van der Waals surface area contributed by atoms with Gasteiger partial charge in [-0.05, 0) is 31.9 Å². The minimum Gasteiger partial charge on any atom is -0.391 e. The number of unbranched alkanes of at least 4 members (excludes halogenated alkanes) is 5. The molecule has 0 saturated heterocycles. The lowest BCUT2D eigenvalue weighted by molar-refractivity contribution is 0.124. The molecule has 0 aliphatic heterocycles. The van der Waals surface area contributed by atoms with Gasteiger partial charge in [-0.25, -0.2) is 0 Å². The molecule has 2 atom stereocenters. The summed E-state index contributed by atoms with van der Waals surface area (Å²) in [5.41, 5.74) is 4.02. The summed E-state index contributed by atoms with van der Waals surface area (Å²) in [6.07, 6.45) is 15.4. The number of nitrogens with zero attached hydrogens (tertiary/aromatic N) is 1. The predicted octanol–water partition coefficient (Wildman–Crippen LogP) is 3.71. The maximum absolute atomic E-state index is 10.4. The third-order valence-corrected chi connectivity index (χ3v) is 4.69. The van der Waals surface area contributed by atoms with Crippen molar-refractivity contribution in [2.75, 3.05) is 20.1 Å². The van der Waals surface area contributed by atoms with Crippen molar-refractivity contribution >= 4 is 12.2 Å². The van der Waals surface area contributed by atoms with Crippen molar-refractivity contribution in [2.45, 2.75) is 64.4 Å². The summed E-state index contributed by atoms with van der Waals surface area (Å²) in [5.74, 6) is 0.171. The van der Waals surface area contributed by atoms with Gasteiger partial charge in [0.05, 0.1) is 18.3 Å². The third-order valence-electron chi connectivity index (χ3n) is 4.35. The van der Waals surface area contributed by atoms with Crippen LogP contribution in [0, 0.1) is 5.92 Å². The number of allylic oxidation sites excluding steroid dienone is 2. The first-order valence-electron chi connectivity index (χ1n) is 9.26. The van der Waals surface area contributed by atoms with Gasteiger partial charge in [-0.15, -0.1) is 4.41 Å². The lowest BCUT2D eigenvalue weighted by atomic mass is 9.97. The van der Waals surface area contributed by atoms with E-state index in [0.717, 1.165) is 25.1 Å². The highest BCUT2D eigenvalue weighted by Gasteiger charge is 2.17. The zero-order valence-corrected chi connectivity index (χ0v) is 16.0. The molecule has 0 bridgehead atoms. The molecule has 0 saturated carbocycles. The van der Waals surface area contributed by atoms with Gasteiger partial charge in [0.25, 0.3) is 0 Å². The van der Waals surface area contributed by atoms with Crippen LogP contribution in [0.4, 0.5) is 0 Å². The van der Waals surface area contributed by atoms with E-state index in [1.807, 2.05) is 6.08 Å². The molecule has 2 unspecified atom stereocenters. The van der Waals surface area contributed by atoms with Gasteiger partial charge >= 0.3 is 0 Å². The molecule has 6 heteroatoms. The highest BCUT2D eigenvalue weighted by molar-refractivity contribution is 7.91. The van der Waals surface area contributed by atoms with Crippen LogP contribution in [0.5, 0.6) is 0 Å². The van der Waals surface area contributed by atoms with Gasteiger partial charge in [0, 0.05) is 25.2 Å². The van der Waals surface area contributed by atoms with Crippen molar-refractivity contribution in [3.8, 4) is 0 Å². The predicted molar refractivity (Wildman–Crippen MR) is 103 cm³/mol. The van der Waals surface area contributed by atoms with Crippen molar-refractivity contribution in [2.24, 2.45) is 5.92 Å². The van der Waals surface area contributed by atoms with E-state index < -0.39 is 0 Å². The monoisotopic (exact) mass is 357 g/mol. The molecule has 140 valence electrons. The molecular formula is C18H35N3O2S. The van der Waals surface area contributed by atoms with Crippen molar-refractivity contribution in [3.63, 3.8) is 0 Å². The number of hydrazine groups is 1. The maximum Gasteiger partial charge on any atom is 0.0991 e. The van der Waals surface area contributed by atoms with Crippen LogP contribution in [-0.2, 0) is 0 Å². The second-order valence-electron chi connectivity index (χ2n) is 6.49. The number of nitrogens with one attached hydrogen (secondary N) is 2. The molecule has 0 spiro atoms. The van der Waals surface area contributed by atoms with Gasteiger partial charge < -0.3 is 20.4 Å². The molecule has 24 heavy (non-hydrogen) atoms. The van der Waals surface area contributed by atoms with Gasteiger partial charge in [0.2, 0.25) is 0 Å². The summed E-state index contributed by atoms with van der Waals surface area (Å²) in [5, 5.41) is 13.8. The van der Waals surface area contributed by atoms with Crippen LogP contribution in [0.1, 0.15) is 58.3 Å². The van der Waals surface area contributed by atoms with E-state index in [1.54, 1.807) is 7.05 Å². The molecular weight excluding hydrogens is 322 g/mol. The first-order chi connectivity index (χ1) is 11.7. The minimum absolute atomic E-state index is 0.171. The van der Waals surface area contributed by atoms with Crippen LogP contribution in [0.3, 0.4) is 0 Å². The quantitative estimate of drug-likeness (QED) is 0.174. The Morgan fingerprint density at radius 3 is 2.79 bits per heavy atom. The molecule has 1 aliphatic carbocycles. The van der Waals surface area contributed by atoms with E-state index >= 15 is 0 Å². The van der Waals surface area contributed by atoms with Crippen LogP contribution in [0.15, 0.2) is 23.9 Å². The second kappa shape index (κ2) is 13.7. The molecule has 0 heterocycles. The zero-order valence-electron chi connectivity index (χ0n) is 15.2. The van der Waals surface area contributed by atoms with Crippen molar-refractivity contribution in [1.29, 1.82) is 0 Å². The molecule has 0 aromatic heterocycles. The standard InChI is InChI=1S/C18H35N3O2S/c1-3-4-5-6-7-8-14-19-15-18(22)16-10-9-11-17(13-12-16)20-21(2)24-23/h11-13,16,18-20,22-23H,3-10,14-15H2,1-2H3. The highest BCUT2D eigenvalue weighted by atomic mass is 32.2. The first-order valence-corrected chi connectivity index (χ1v) is 9.99. The lowest BCUT2D eigenvalue weighted by Crippen LogP contribution is -2.32. The summed E-state index contributed by atoms with van der Waals surface area (Å²) in [7, 11) is 1.75. The van der Waals surface area contributed by atoms with Crippen LogP contribution in [0.2, 0.25) is 0 Å². The number of hydrogen-bond acceptors (Lipinski definition) is 6. The van der Waals surface area contributed by atoms with E-state index in [1.165, 1.54) is 42.9 Å². The van der Waals surface area contributed by atoms with Gasteiger partial charge in [-0.1, -0.05) is 51.2 Å². The fourth-order valence-electron chi connectivity index (χ4n) is 2.86. The topological polar surface area (TPSA) is 67.8 Å². The summed E-state index contributed by atoms with van der Waals surface area (Å²) >= 11 is 0.642. The fraction of sp³-hybridized carbons (Fsp3) is 0.778.